The van der Waals surface area contributed by atoms with E-state index in [1.54, 1.807) is 36.6 Å². The van der Waals surface area contributed by atoms with Gasteiger partial charge in [-0.1, -0.05) is 0 Å². The molecule has 0 aliphatic carbocycles. The molecule has 0 spiro atoms. The normalized spacial score (nSPS) is 10.7. The average molecular weight is 374 g/mol. The zero-order valence-corrected chi connectivity index (χ0v) is 15.0. The van der Waals surface area contributed by atoms with Gasteiger partial charge in [-0.05, 0) is 54.6 Å². The summed E-state index contributed by atoms with van der Waals surface area (Å²) in [5.41, 5.74) is 1.87. The van der Waals surface area contributed by atoms with E-state index in [0.717, 1.165) is 5.69 Å². The van der Waals surface area contributed by atoms with Gasteiger partial charge in [-0.15, -0.1) is 0 Å². The molecule has 0 saturated carbocycles. The summed E-state index contributed by atoms with van der Waals surface area (Å²) in [6, 6.07) is 17.8. The highest BCUT2D eigenvalue weighted by Crippen LogP contribution is 2.15. The Morgan fingerprint density at radius 2 is 1.79 bits per heavy atom. The smallest absolute Gasteiger partial charge is 0.266 e. The number of furan rings is 1. The molecule has 0 aliphatic heterocycles. The summed E-state index contributed by atoms with van der Waals surface area (Å²) < 4.78 is 8.58. The van der Waals surface area contributed by atoms with Gasteiger partial charge < -0.3 is 14.3 Å². The van der Waals surface area contributed by atoms with E-state index in [1.807, 2.05) is 41.2 Å². The van der Waals surface area contributed by atoms with Gasteiger partial charge in [0.2, 0.25) is 0 Å². The van der Waals surface area contributed by atoms with E-state index < -0.39 is 0 Å². The second-order valence-corrected chi connectivity index (χ2v) is 6.15. The Labute approximate surface area is 160 Å². The van der Waals surface area contributed by atoms with Crippen molar-refractivity contribution < 1.29 is 9.21 Å². The molecule has 1 amide bonds. The fraction of sp³-hybridized carbons (Fsp3) is 0.0952. The number of nitrogens with one attached hydrogen (secondary N) is 1. The van der Waals surface area contributed by atoms with Crippen LogP contribution in [0.4, 0.5) is 0 Å². The van der Waals surface area contributed by atoms with Gasteiger partial charge in [-0.3, -0.25) is 9.59 Å². The molecule has 1 aromatic carbocycles. The molecule has 0 aliphatic rings. The molecule has 0 bridgehead atoms. The molecule has 7 heteroatoms. The minimum Gasteiger partial charge on any atom is -0.463 e. The van der Waals surface area contributed by atoms with Crippen LogP contribution in [-0.2, 0) is 6.54 Å². The van der Waals surface area contributed by atoms with Crippen LogP contribution in [0.25, 0.3) is 17.1 Å². The van der Waals surface area contributed by atoms with Crippen molar-refractivity contribution >= 4 is 5.91 Å². The molecule has 4 aromatic rings. The second kappa shape index (κ2) is 7.79. The van der Waals surface area contributed by atoms with Crippen molar-refractivity contribution in [3.05, 3.63) is 95.2 Å². The van der Waals surface area contributed by atoms with Gasteiger partial charge in [0.05, 0.1) is 12.8 Å². The summed E-state index contributed by atoms with van der Waals surface area (Å²) in [4.78, 5) is 24.3. The highest BCUT2D eigenvalue weighted by molar-refractivity contribution is 5.94. The first-order chi connectivity index (χ1) is 13.7. The zero-order chi connectivity index (χ0) is 19.3. The summed E-state index contributed by atoms with van der Waals surface area (Å²) >= 11 is 0. The Hall–Kier alpha value is -3.87. The minimum atomic E-state index is -0.236. The van der Waals surface area contributed by atoms with Crippen LogP contribution in [0.15, 0.2) is 88.5 Å². The first-order valence-electron chi connectivity index (χ1n) is 8.84. The number of hydrogen-bond acceptors (Lipinski definition) is 4. The molecule has 1 N–H and O–H groups in total. The zero-order valence-electron chi connectivity index (χ0n) is 15.0. The van der Waals surface area contributed by atoms with Crippen LogP contribution < -0.4 is 10.9 Å². The number of aromatic nitrogens is 3. The predicted octanol–water partition coefficient (Wildman–Crippen LogP) is 2.72. The lowest BCUT2D eigenvalue weighted by Crippen LogP contribution is -2.31. The second-order valence-electron chi connectivity index (χ2n) is 6.15. The lowest BCUT2D eigenvalue weighted by Gasteiger charge is -2.09. The maximum absolute atomic E-state index is 12.3. The number of nitrogens with zero attached hydrogens (tertiary/aromatic N) is 3. The largest absolute Gasteiger partial charge is 0.463 e. The molecule has 4 rings (SSSR count). The van der Waals surface area contributed by atoms with E-state index in [1.165, 1.54) is 10.7 Å². The Balaban J connectivity index is 1.38. The van der Waals surface area contributed by atoms with Gasteiger partial charge in [0.1, 0.15) is 5.69 Å². The van der Waals surface area contributed by atoms with Gasteiger partial charge in [0.25, 0.3) is 11.5 Å². The number of carbonyl (C=O) groups excluding carboxylic acids is 1. The number of carbonyl (C=O) groups is 1. The Morgan fingerprint density at radius 3 is 2.50 bits per heavy atom. The topological polar surface area (TPSA) is 82.1 Å². The van der Waals surface area contributed by atoms with Gasteiger partial charge in [-0.25, -0.2) is 4.68 Å². The molecule has 0 unspecified atom stereocenters. The van der Waals surface area contributed by atoms with Crippen molar-refractivity contribution in [3.63, 3.8) is 0 Å². The molecular weight excluding hydrogens is 356 g/mol. The number of rotatable bonds is 6. The molecule has 140 valence electrons. The number of hydrogen-bond donors (Lipinski definition) is 1. The third-order valence-corrected chi connectivity index (χ3v) is 4.28. The average Bonchev–Trinajstić information content (AvgIpc) is 3.44. The maximum Gasteiger partial charge on any atom is 0.266 e. The van der Waals surface area contributed by atoms with Gasteiger partial charge in [-0.2, -0.15) is 5.10 Å². The van der Waals surface area contributed by atoms with Crippen LogP contribution >= 0.6 is 0 Å². The van der Waals surface area contributed by atoms with E-state index in [-0.39, 0.29) is 24.6 Å². The monoisotopic (exact) mass is 374 g/mol. The highest BCUT2D eigenvalue weighted by Gasteiger charge is 2.08. The summed E-state index contributed by atoms with van der Waals surface area (Å²) in [6.45, 7) is 0.549. The predicted molar refractivity (Wildman–Crippen MR) is 104 cm³/mol. The van der Waals surface area contributed by atoms with E-state index in [0.29, 0.717) is 17.0 Å². The van der Waals surface area contributed by atoms with Crippen molar-refractivity contribution in [2.45, 2.75) is 6.54 Å². The van der Waals surface area contributed by atoms with Crippen molar-refractivity contribution in [2.24, 2.45) is 0 Å². The van der Waals surface area contributed by atoms with Crippen molar-refractivity contribution in [2.75, 3.05) is 6.54 Å². The van der Waals surface area contributed by atoms with E-state index in [2.05, 4.69) is 10.4 Å². The summed E-state index contributed by atoms with van der Waals surface area (Å²) in [7, 11) is 0. The van der Waals surface area contributed by atoms with Gasteiger partial charge in [0.15, 0.2) is 5.76 Å². The van der Waals surface area contributed by atoms with Crippen LogP contribution in [0.1, 0.15) is 10.4 Å². The van der Waals surface area contributed by atoms with Crippen molar-refractivity contribution in [1.29, 1.82) is 0 Å². The SMILES string of the molecule is O=C(NCCn1nc(-c2ccco2)ccc1=O)c1ccc(-n2cccc2)cc1. The standard InChI is InChI=1S/C21H18N4O3/c26-20-10-9-18(19-4-3-15-28-19)23-25(20)14-11-22-21(27)16-5-7-17(8-6-16)24-12-1-2-13-24/h1-10,12-13,15H,11,14H2,(H,22,27). The van der Waals surface area contributed by atoms with E-state index in [4.69, 9.17) is 4.42 Å². The van der Waals surface area contributed by atoms with Crippen molar-refractivity contribution in [1.82, 2.24) is 19.7 Å². The number of benzene rings is 1. The molecule has 0 saturated heterocycles. The molecule has 0 atom stereocenters. The Kier molecular flexibility index (Phi) is 4.88. The first-order valence-corrected chi connectivity index (χ1v) is 8.84. The van der Waals surface area contributed by atoms with Crippen LogP contribution in [0, 0.1) is 0 Å². The molecule has 28 heavy (non-hydrogen) atoms. The Bertz CT molecular complexity index is 1110. The quantitative estimate of drug-likeness (QED) is 0.563. The van der Waals surface area contributed by atoms with Crippen LogP contribution in [0.3, 0.4) is 0 Å². The molecule has 0 fully saturated rings. The van der Waals surface area contributed by atoms with Crippen LogP contribution in [0.2, 0.25) is 0 Å². The number of amides is 1. The molecular formula is C21H18N4O3. The molecule has 3 aromatic heterocycles. The Morgan fingerprint density at radius 1 is 1.00 bits per heavy atom. The summed E-state index contributed by atoms with van der Waals surface area (Å²) in [5.74, 6) is 0.384. The van der Waals surface area contributed by atoms with Crippen molar-refractivity contribution in [3.8, 4) is 17.1 Å². The van der Waals surface area contributed by atoms with Gasteiger partial charge >= 0.3 is 0 Å². The molecule has 7 nitrogen and oxygen atoms in total. The lowest BCUT2D eigenvalue weighted by molar-refractivity contribution is 0.0951. The van der Waals surface area contributed by atoms with Crippen LogP contribution in [-0.4, -0.2) is 26.8 Å². The lowest BCUT2D eigenvalue weighted by atomic mass is 10.2. The van der Waals surface area contributed by atoms with E-state index >= 15 is 0 Å². The van der Waals surface area contributed by atoms with Crippen LogP contribution in [0.5, 0.6) is 0 Å². The maximum atomic E-state index is 12.3. The molecule has 3 heterocycles. The third-order valence-electron chi connectivity index (χ3n) is 4.28. The fourth-order valence-electron chi connectivity index (χ4n) is 2.83. The summed E-state index contributed by atoms with van der Waals surface area (Å²) in [6.07, 6.45) is 5.43. The molecule has 0 radical (unpaired) electrons. The first kappa shape index (κ1) is 17.5. The highest BCUT2D eigenvalue weighted by atomic mass is 16.3. The van der Waals surface area contributed by atoms with E-state index in [9.17, 15) is 9.59 Å². The summed E-state index contributed by atoms with van der Waals surface area (Å²) in [5, 5.41) is 7.10. The fourth-order valence-corrected chi connectivity index (χ4v) is 2.83. The minimum absolute atomic E-state index is 0.200. The van der Waals surface area contributed by atoms with Gasteiger partial charge in [0, 0.05) is 36.3 Å². The third kappa shape index (κ3) is 3.78.